The summed E-state index contributed by atoms with van der Waals surface area (Å²) in [6, 6.07) is 8.04. The van der Waals surface area contributed by atoms with Gasteiger partial charge >= 0.3 is 5.97 Å². The molecular formula is C14H17BrO3. The number of hydrogen-bond donors (Lipinski definition) is 0. The van der Waals surface area contributed by atoms with E-state index in [0.717, 1.165) is 10.0 Å². The molecule has 0 radical (unpaired) electrons. The van der Waals surface area contributed by atoms with Crippen LogP contribution in [0.2, 0.25) is 0 Å². The molecule has 0 N–H and O–H groups in total. The van der Waals surface area contributed by atoms with E-state index in [1.807, 2.05) is 24.3 Å². The van der Waals surface area contributed by atoms with Crippen LogP contribution in [-0.2, 0) is 20.9 Å². The van der Waals surface area contributed by atoms with E-state index in [-0.39, 0.29) is 11.9 Å². The topological polar surface area (TPSA) is 35.5 Å². The molecule has 1 saturated carbocycles. The van der Waals surface area contributed by atoms with Gasteiger partial charge in [-0.15, -0.1) is 0 Å². The zero-order valence-corrected chi connectivity index (χ0v) is 12.1. The van der Waals surface area contributed by atoms with Gasteiger partial charge in [0.25, 0.3) is 0 Å². The van der Waals surface area contributed by atoms with E-state index in [2.05, 4.69) is 22.9 Å². The Kier molecular flexibility index (Phi) is 4.40. The fraction of sp³-hybridized carbons (Fsp3) is 0.500. The van der Waals surface area contributed by atoms with Gasteiger partial charge in [-0.2, -0.15) is 0 Å². The lowest BCUT2D eigenvalue weighted by Crippen LogP contribution is -2.07. The molecule has 0 amide bonds. The molecule has 3 nitrogen and oxygen atoms in total. The molecule has 3 atom stereocenters. The second kappa shape index (κ2) is 5.85. The molecule has 1 fully saturated rings. The first-order valence-corrected chi connectivity index (χ1v) is 6.83. The molecule has 1 aromatic carbocycles. The van der Waals surface area contributed by atoms with Gasteiger partial charge in [0.15, 0.2) is 0 Å². The molecular weight excluding hydrogens is 296 g/mol. The first-order valence-electron chi connectivity index (χ1n) is 6.03. The predicted octanol–water partition coefficient (Wildman–Crippen LogP) is 3.02. The van der Waals surface area contributed by atoms with Crippen molar-refractivity contribution in [1.82, 2.24) is 0 Å². The fourth-order valence-electron chi connectivity index (χ4n) is 2.22. The quantitative estimate of drug-likeness (QED) is 0.784. The molecule has 1 aliphatic rings. The third-order valence-electron chi connectivity index (χ3n) is 3.53. The molecule has 4 heteroatoms. The molecule has 0 aromatic heterocycles. The number of esters is 1. The maximum Gasteiger partial charge on any atom is 0.309 e. The minimum atomic E-state index is -0.111. The van der Waals surface area contributed by atoms with Gasteiger partial charge in [-0.05, 0) is 29.5 Å². The Hall–Kier alpha value is -0.870. The minimum Gasteiger partial charge on any atom is -0.469 e. The Morgan fingerprint density at radius 1 is 1.33 bits per heavy atom. The Bertz CT molecular complexity index is 416. The average molecular weight is 313 g/mol. The highest BCUT2D eigenvalue weighted by molar-refractivity contribution is 9.10. The first-order chi connectivity index (χ1) is 8.63. The van der Waals surface area contributed by atoms with E-state index in [0.29, 0.717) is 25.0 Å². The van der Waals surface area contributed by atoms with Gasteiger partial charge in [0, 0.05) is 4.47 Å². The number of carbonyl (C=O) groups is 1. The fourth-order valence-corrected chi connectivity index (χ4v) is 2.48. The Morgan fingerprint density at radius 3 is 2.61 bits per heavy atom. The van der Waals surface area contributed by atoms with E-state index in [1.54, 1.807) is 0 Å². The number of methoxy groups -OCH3 is 1. The lowest BCUT2D eigenvalue weighted by atomic mass is 10.2. The summed E-state index contributed by atoms with van der Waals surface area (Å²) in [4.78, 5) is 11.4. The van der Waals surface area contributed by atoms with Gasteiger partial charge in [-0.3, -0.25) is 4.79 Å². The number of rotatable bonds is 5. The van der Waals surface area contributed by atoms with Crippen LogP contribution in [0.4, 0.5) is 0 Å². The molecule has 0 saturated heterocycles. The zero-order chi connectivity index (χ0) is 13.1. The molecule has 1 aliphatic carbocycles. The Morgan fingerprint density at radius 2 is 2.00 bits per heavy atom. The highest BCUT2D eigenvalue weighted by Gasteiger charge is 2.52. The van der Waals surface area contributed by atoms with Crippen LogP contribution in [0.25, 0.3) is 0 Å². The van der Waals surface area contributed by atoms with E-state index in [1.165, 1.54) is 7.11 Å². The van der Waals surface area contributed by atoms with Crippen LogP contribution in [0, 0.1) is 17.8 Å². The third kappa shape index (κ3) is 3.12. The second-order valence-corrected chi connectivity index (χ2v) is 5.63. The van der Waals surface area contributed by atoms with E-state index in [4.69, 9.17) is 9.47 Å². The summed E-state index contributed by atoms with van der Waals surface area (Å²) in [5.41, 5.74) is 1.14. The molecule has 18 heavy (non-hydrogen) atoms. The molecule has 0 heterocycles. The van der Waals surface area contributed by atoms with Crippen molar-refractivity contribution >= 4 is 21.9 Å². The number of hydrogen-bond acceptors (Lipinski definition) is 3. The van der Waals surface area contributed by atoms with Crippen LogP contribution in [0.5, 0.6) is 0 Å². The van der Waals surface area contributed by atoms with Crippen LogP contribution < -0.4 is 0 Å². The molecule has 0 spiro atoms. The Balaban J connectivity index is 1.74. The van der Waals surface area contributed by atoms with Crippen molar-refractivity contribution in [3.8, 4) is 0 Å². The number of ether oxygens (including phenoxy) is 2. The Labute approximate surface area is 116 Å². The lowest BCUT2D eigenvalue weighted by Gasteiger charge is -2.04. The summed E-state index contributed by atoms with van der Waals surface area (Å²) in [6.07, 6.45) is 0. The summed E-state index contributed by atoms with van der Waals surface area (Å²) >= 11 is 3.39. The molecule has 2 rings (SSSR count). The van der Waals surface area contributed by atoms with Crippen molar-refractivity contribution in [1.29, 1.82) is 0 Å². The lowest BCUT2D eigenvalue weighted by molar-refractivity contribution is -0.143. The van der Waals surface area contributed by atoms with Gasteiger partial charge in [-0.25, -0.2) is 0 Å². The smallest absolute Gasteiger partial charge is 0.309 e. The van der Waals surface area contributed by atoms with Crippen molar-refractivity contribution in [2.75, 3.05) is 13.7 Å². The van der Waals surface area contributed by atoms with Crippen molar-refractivity contribution in [3.05, 3.63) is 34.3 Å². The first kappa shape index (κ1) is 13.6. The van der Waals surface area contributed by atoms with Gasteiger partial charge in [0.1, 0.15) is 0 Å². The summed E-state index contributed by atoms with van der Waals surface area (Å²) in [5, 5.41) is 0. The van der Waals surface area contributed by atoms with Crippen molar-refractivity contribution in [3.63, 3.8) is 0 Å². The standard InChI is InChI=1S/C14H17BrO3/c1-9-12(13(9)14(16)17-2)8-18-7-10-3-5-11(15)6-4-10/h3-6,9,12-13H,7-8H2,1-2H3. The van der Waals surface area contributed by atoms with Crippen molar-refractivity contribution in [2.24, 2.45) is 17.8 Å². The molecule has 98 valence electrons. The number of benzene rings is 1. The summed E-state index contributed by atoms with van der Waals surface area (Å²) in [5.74, 6) is 0.606. The van der Waals surface area contributed by atoms with Crippen LogP contribution in [-0.4, -0.2) is 19.7 Å². The molecule has 0 bridgehead atoms. The zero-order valence-electron chi connectivity index (χ0n) is 10.6. The van der Waals surface area contributed by atoms with Gasteiger partial charge in [0.05, 0.1) is 26.2 Å². The highest BCUT2D eigenvalue weighted by atomic mass is 79.9. The summed E-state index contributed by atoms with van der Waals surface area (Å²) in [6.45, 7) is 3.27. The van der Waals surface area contributed by atoms with Crippen molar-refractivity contribution < 1.29 is 14.3 Å². The van der Waals surface area contributed by atoms with Crippen LogP contribution in [0.1, 0.15) is 12.5 Å². The minimum absolute atomic E-state index is 0.0277. The molecule has 3 unspecified atom stereocenters. The molecule has 1 aromatic rings. The third-order valence-corrected chi connectivity index (χ3v) is 4.06. The van der Waals surface area contributed by atoms with Crippen molar-refractivity contribution in [2.45, 2.75) is 13.5 Å². The van der Waals surface area contributed by atoms with Gasteiger partial charge in [0.2, 0.25) is 0 Å². The maximum absolute atomic E-state index is 11.4. The maximum atomic E-state index is 11.4. The van der Waals surface area contributed by atoms with E-state index < -0.39 is 0 Å². The second-order valence-electron chi connectivity index (χ2n) is 4.71. The summed E-state index contributed by atoms with van der Waals surface area (Å²) < 4.78 is 11.5. The predicted molar refractivity (Wildman–Crippen MR) is 72.0 cm³/mol. The number of halogens is 1. The van der Waals surface area contributed by atoms with E-state index >= 15 is 0 Å². The van der Waals surface area contributed by atoms with E-state index in [9.17, 15) is 4.79 Å². The normalized spacial score (nSPS) is 25.8. The van der Waals surface area contributed by atoms with Gasteiger partial charge in [-0.1, -0.05) is 35.0 Å². The monoisotopic (exact) mass is 312 g/mol. The molecule has 0 aliphatic heterocycles. The average Bonchev–Trinajstić information content (AvgIpc) is 3.01. The SMILES string of the molecule is COC(=O)C1C(C)C1COCc1ccc(Br)cc1. The summed E-state index contributed by atoms with van der Waals surface area (Å²) in [7, 11) is 1.44. The van der Waals surface area contributed by atoms with Crippen LogP contribution in [0.15, 0.2) is 28.7 Å². The van der Waals surface area contributed by atoms with Gasteiger partial charge < -0.3 is 9.47 Å². The highest BCUT2D eigenvalue weighted by Crippen LogP contribution is 2.46. The number of carbonyl (C=O) groups excluding carboxylic acids is 1. The van der Waals surface area contributed by atoms with Crippen LogP contribution >= 0.6 is 15.9 Å². The largest absolute Gasteiger partial charge is 0.469 e. The van der Waals surface area contributed by atoms with Crippen LogP contribution in [0.3, 0.4) is 0 Å².